The lowest BCUT2D eigenvalue weighted by atomic mass is 9.98. The minimum Gasteiger partial charge on any atom is -0.458 e. The van der Waals surface area contributed by atoms with Gasteiger partial charge in [-0.1, -0.05) is 48.5 Å². The van der Waals surface area contributed by atoms with Gasteiger partial charge in [-0.2, -0.15) is 0 Å². The predicted octanol–water partition coefficient (Wildman–Crippen LogP) is 3.62. The third kappa shape index (κ3) is 2.94. The maximum Gasteiger partial charge on any atom is 0.407 e. The molecule has 1 unspecified atom stereocenters. The maximum absolute atomic E-state index is 12.2. The smallest absolute Gasteiger partial charge is 0.407 e. The summed E-state index contributed by atoms with van der Waals surface area (Å²) in [4.78, 5) is 24.0. The molecule has 0 saturated carbocycles. The quantitative estimate of drug-likeness (QED) is 0.858. The van der Waals surface area contributed by atoms with Gasteiger partial charge in [-0.05, 0) is 36.1 Å². The van der Waals surface area contributed by atoms with Gasteiger partial charge >= 0.3 is 12.1 Å². The zero-order valence-electron chi connectivity index (χ0n) is 14.8. The summed E-state index contributed by atoms with van der Waals surface area (Å²) in [6.45, 7) is 3.87. The molecule has 1 saturated heterocycles. The molecule has 1 fully saturated rings. The normalized spacial score (nSPS) is 20.2. The highest BCUT2D eigenvalue weighted by atomic mass is 16.6. The first-order valence-electron chi connectivity index (χ1n) is 8.79. The molecule has 1 atom stereocenters. The second-order valence-electron chi connectivity index (χ2n) is 7.41. The Labute approximate surface area is 152 Å². The highest BCUT2D eigenvalue weighted by molar-refractivity contribution is 5.83. The summed E-state index contributed by atoms with van der Waals surface area (Å²) in [6.07, 6.45) is -0.151. The van der Waals surface area contributed by atoms with Gasteiger partial charge in [0, 0.05) is 12.3 Å². The Morgan fingerprint density at radius 2 is 1.69 bits per heavy atom. The van der Waals surface area contributed by atoms with Crippen LogP contribution in [0, 0.1) is 0 Å². The van der Waals surface area contributed by atoms with Crippen LogP contribution in [0.1, 0.15) is 37.3 Å². The molecule has 4 rings (SSSR count). The number of benzene rings is 2. The Kier molecular flexibility index (Phi) is 3.94. The van der Waals surface area contributed by atoms with Gasteiger partial charge in [-0.3, -0.25) is 0 Å². The van der Waals surface area contributed by atoms with Crippen LogP contribution in [-0.2, 0) is 14.3 Å². The number of esters is 1. The average molecular weight is 351 g/mol. The first kappa shape index (κ1) is 16.6. The molecule has 0 radical (unpaired) electrons. The average Bonchev–Trinajstić information content (AvgIpc) is 3.06. The topological polar surface area (TPSA) is 64.6 Å². The van der Waals surface area contributed by atoms with Crippen molar-refractivity contribution in [1.29, 1.82) is 0 Å². The molecular formula is C21H21NO4. The number of carbonyl (C=O) groups is 2. The molecule has 2 aromatic rings. The van der Waals surface area contributed by atoms with E-state index in [0.29, 0.717) is 6.42 Å². The number of cyclic esters (lactones) is 1. The molecule has 0 bridgehead atoms. The maximum atomic E-state index is 12.2. The van der Waals surface area contributed by atoms with Crippen LogP contribution in [0.2, 0.25) is 0 Å². The van der Waals surface area contributed by atoms with Gasteiger partial charge in [-0.15, -0.1) is 0 Å². The van der Waals surface area contributed by atoms with E-state index in [9.17, 15) is 9.59 Å². The number of amides is 1. The lowest BCUT2D eigenvalue weighted by Crippen LogP contribution is -2.39. The molecule has 1 N–H and O–H groups in total. The molecule has 1 aliphatic heterocycles. The van der Waals surface area contributed by atoms with Crippen molar-refractivity contribution in [3.05, 3.63) is 59.7 Å². The Morgan fingerprint density at radius 3 is 2.23 bits per heavy atom. The van der Waals surface area contributed by atoms with Gasteiger partial charge in [0.2, 0.25) is 0 Å². The number of hydrogen-bond donors (Lipinski definition) is 1. The Bertz CT molecular complexity index is 828. The lowest BCUT2D eigenvalue weighted by Gasteiger charge is -2.16. The van der Waals surface area contributed by atoms with E-state index in [1.54, 1.807) is 0 Å². The van der Waals surface area contributed by atoms with Crippen molar-refractivity contribution in [2.75, 3.05) is 6.61 Å². The summed E-state index contributed by atoms with van der Waals surface area (Å²) in [7, 11) is 0. The van der Waals surface area contributed by atoms with Crippen LogP contribution in [0.5, 0.6) is 0 Å². The zero-order valence-corrected chi connectivity index (χ0v) is 14.8. The van der Waals surface area contributed by atoms with Gasteiger partial charge in [0.25, 0.3) is 0 Å². The Balaban J connectivity index is 1.45. The summed E-state index contributed by atoms with van der Waals surface area (Å²) >= 11 is 0. The first-order chi connectivity index (χ1) is 12.4. The molecular weight excluding hydrogens is 330 g/mol. The van der Waals surface area contributed by atoms with Crippen molar-refractivity contribution in [1.82, 2.24) is 5.32 Å². The lowest BCUT2D eigenvalue weighted by molar-refractivity contribution is -0.147. The number of carbonyl (C=O) groups excluding carboxylic acids is 2. The molecule has 2 aromatic carbocycles. The summed E-state index contributed by atoms with van der Waals surface area (Å²) in [5, 5.41) is 2.62. The van der Waals surface area contributed by atoms with Crippen LogP contribution < -0.4 is 5.32 Å². The van der Waals surface area contributed by atoms with Gasteiger partial charge in [0.15, 0.2) is 0 Å². The van der Waals surface area contributed by atoms with E-state index in [4.69, 9.17) is 9.47 Å². The predicted molar refractivity (Wildman–Crippen MR) is 96.8 cm³/mol. The fraction of sp³-hybridized carbons (Fsp3) is 0.333. The van der Waals surface area contributed by atoms with Crippen LogP contribution in [0.4, 0.5) is 4.79 Å². The van der Waals surface area contributed by atoms with E-state index in [1.165, 1.54) is 11.1 Å². The van der Waals surface area contributed by atoms with E-state index in [1.807, 2.05) is 38.1 Å². The highest BCUT2D eigenvalue weighted by Crippen LogP contribution is 2.44. The van der Waals surface area contributed by atoms with Crippen LogP contribution in [-0.4, -0.2) is 30.3 Å². The van der Waals surface area contributed by atoms with Crippen molar-refractivity contribution in [2.24, 2.45) is 0 Å². The Morgan fingerprint density at radius 1 is 1.12 bits per heavy atom. The van der Waals surface area contributed by atoms with Crippen molar-refractivity contribution in [2.45, 2.75) is 37.8 Å². The van der Waals surface area contributed by atoms with Crippen molar-refractivity contribution < 1.29 is 19.1 Å². The van der Waals surface area contributed by atoms with Crippen molar-refractivity contribution in [3.63, 3.8) is 0 Å². The molecule has 0 aromatic heterocycles. The number of fused-ring (bicyclic) bond motifs is 3. The van der Waals surface area contributed by atoms with Crippen LogP contribution >= 0.6 is 0 Å². The van der Waals surface area contributed by atoms with Crippen LogP contribution in [0.15, 0.2) is 48.5 Å². The fourth-order valence-corrected chi connectivity index (χ4v) is 3.85. The molecule has 2 aliphatic rings. The Hall–Kier alpha value is -2.82. The van der Waals surface area contributed by atoms with Crippen molar-refractivity contribution in [3.8, 4) is 11.1 Å². The fourth-order valence-electron chi connectivity index (χ4n) is 3.85. The van der Waals surface area contributed by atoms with Crippen LogP contribution in [0.3, 0.4) is 0 Å². The number of rotatable bonds is 3. The van der Waals surface area contributed by atoms with Gasteiger partial charge in [-0.25, -0.2) is 9.59 Å². The van der Waals surface area contributed by atoms with E-state index >= 15 is 0 Å². The summed E-state index contributed by atoms with van der Waals surface area (Å²) in [5.74, 6) is -0.413. The molecule has 1 aliphatic carbocycles. The molecule has 0 spiro atoms. The zero-order chi connectivity index (χ0) is 18.3. The van der Waals surface area contributed by atoms with Gasteiger partial charge in [0.1, 0.15) is 18.2 Å². The van der Waals surface area contributed by atoms with E-state index in [0.717, 1.165) is 11.1 Å². The summed E-state index contributed by atoms with van der Waals surface area (Å²) in [6, 6.07) is 15.7. The minimum atomic E-state index is -0.652. The summed E-state index contributed by atoms with van der Waals surface area (Å²) < 4.78 is 10.7. The second-order valence-corrected chi connectivity index (χ2v) is 7.41. The molecule has 5 heteroatoms. The highest BCUT2D eigenvalue weighted by Gasteiger charge is 2.41. The minimum absolute atomic E-state index is 0.000112. The number of hydrogen-bond acceptors (Lipinski definition) is 4. The monoisotopic (exact) mass is 351 g/mol. The standard InChI is InChI=1S/C21H21NO4/c1-21(2)11-18(19(23)26-21)22-20(24)25-12-17-15-9-5-3-7-13(15)14-8-4-6-10-16(14)17/h3-10,17-18H,11-12H2,1-2H3,(H,22,24). The molecule has 134 valence electrons. The number of alkyl carbamates (subject to hydrolysis) is 1. The SMILES string of the molecule is CC1(C)CC(NC(=O)OCC2c3ccccc3-c3ccccc32)C(=O)O1. The van der Waals surface area contributed by atoms with E-state index < -0.39 is 23.7 Å². The molecule has 5 nitrogen and oxygen atoms in total. The second kappa shape index (κ2) is 6.16. The molecule has 1 amide bonds. The summed E-state index contributed by atoms with van der Waals surface area (Å²) in [5.41, 5.74) is 4.11. The number of ether oxygens (including phenoxy) is 2. The third-order valence-electron chi connectivity index (χ3n) is 4.99. The molecule has 26 heavy (non-hydrogen) atoms. The first-order valence-corrected chi connectivity index (χ1v) is 8.79. The third-order valence-corrected chi connectivity index (χ3v) is 4.99. The van der Waals surface area contributed by atoms with E-state index in [-0.39, 0.29) is 12.5 Å². The van der Waals surface area contributed by atoms with Gasteiger partial charge in [0.05, 0.1) is 0 Å². The van der Waals surface area contributed by atoms with Crippen molar-refractivity contribution >= 4 is 12.1 Å². The van der Waals surface area contributed by atoms with E-state index in [2.05, 4.69) is 29.6 Å². The largest absolute Gasteiger partial charge is 0.458 e. The number of nitrogens with one attached hydrogen (secondary N) is 1. The van der Waals surface area contributed by atoms with Crippen LogP contribution in [0.25, 0.3) is 11.1 Å². The molecule has 1 heterocycles. The van der Waals surface area contributed by atoms with Gasteiger partial charge < -0.3 is 14.8 Å².